The van der Waals surface area contributed by atoms with Crippen LogP contribution in [0.5, 0.6) is 0 Å². The lowest BCUT2D eigenvalue weighted by atomic mass is 10.1. The topological polar surface area (TPSA) is 26.3 Å². The van der Waals surface area contributed by atoms with E-state index in [2.05, 4.69) is 0 Å². The lowest BCUT2D eigenvalue weighted by Gasteiger charge is -2.21. The van der Waals surface area contributed by atoms with Crippen LogP contribution < -0.4 is 0 Å². The predicted molar refractivity (Wildman–Crippen MR) is 45.6 cm³/mol. The van der Waals surface area contributed by atoms with Crippen LogP contribution in [-0.2, 0) is 9.53 Å². The van der Waals surface area contributed by atoms with Crippen LogP contribution in [0, 0.1) is 5.92 Å². The van der Waals surface area contributed by atoms with Crippen molar-refractivity contribution in [2.45, 2.75) is 39.7 Å². The second-order valence-electron chi connectivity index (χ2n) is 3.93. The van der Waals surface area contributed by atoms with Crippen molar-refractivity contribution in [2.75, 3.05) is 6.61 Å². The summed E-state index contributed by atoms with van der Waals surface area (Å²) in [7, 11) is 0. The van der Waals surface area contributed by atoms with Gasteiger partial charge in [-0.25, -0.2) is 0 Å². The second kappa shape index (κ2) is 4.50. The highest BCUT2D eigenvalue weighted by Gasteiger charge is 2.11. The summed E-state index contributed by atoms with van der Waals surface area (Å²) in [5.74, 6) is 0.340. The molecule has 0 saturated carbocycles. The number of carbonyl (C=O) groups is 1. The molecule has 2 heteroatoms. The van der Waals surface area contributed by atoms with Crippen molar-refractivity contribution >= 4 is 6.29 Å². The first-order valence-electron chi connectivity index (χ1n) is 4.03. The standard InChI is InChI=1S/C9H18O2/c1-8(5-6-10)7-11-9(2,3)4/h6,8H,5,7H2,1-4H3/t8-/m0/s1. The van der Waals surface area contributed by atoms with E-state index in [0.717, 1.165) is 6.29 Å². The Labute approximate surface area is 68.9 Å². The van der Waals surface area contributed by atoms with Gasteiger partial charge in [-0.2, -0.15) is 0 Å². The van der Waals surface area contributed by atoms with E-state index in [0.29, 0.717) is 18.9 Å². The molecule has 0 bridgehead atoms. The van der Waals surface area contributed by atoms with Crippen LogP contribution in [-0.4, -0.2) is 18.5 Å². The fraction of sp³-hybridized carbons (Fsp3) is 0.889. The Balaban J connectivity index is 3.45. The largest absolute Gasteiger partial charge is 0.376 e. The molecule has 0 radical (unpaired) electrons. The van der Waals surface area contributed by atoms with Crippen LogP contribution in [0.4, 0.5) is 0 Å². The highest BCUT2D eigenvalue weighted by Crippen LogP contribution is 2.10. The van der Waals surface area contributed by atoms with Gasteiger partial charge in [0, 0.05) is 6.42 Å². The molecule has 1 atom stereocenters. The molecule has 0 amide bonds. The van der Waals surface area contributed by atoms with Gasteiger partial charge in [0.15, 0.2) is 0 Å². The third-order valence-electron chi connectivity index (χ3n) is 1.30. The van der Waals surface area contributed by atoms with Gasteiger partial charge >= 0.3 is 0 Å². The SMILES string of the molecule is C[C@@H](CC=O)COC(C)(C)C. The predicted octanol–water partition coefficient (Wildman–Crippen LogP) is 2.03. The van der Waals surface area contributed by atoms with Gasteiger partial charge in [0.2, 0.25) is 0 Å². The van der Waals surface area contributed by atoms with E-state index in [1.807, 2.05) is 27.7 Å². The smallest absolute Gasteiger partial charge is 0.120 e. The zero-order valence-electron chi connectivity index (χ0n) is 7.89. The maximum absolute atomic E-state index is 10.1. The van der Waals surface area contributed by atoms with E-state index in [-0.39, 0.29) is 5.60 Å². The average Bonchev–Trinajstić information content (AvgIpc) is 1.83. The van der Waals surface area contributed by atoms with Crippen molar-refractivity contribution in [3.8, 4) is 0 Å². The van der Waals surface area contributed by atoms with E-state index in [1.165, 1.54) is 0 Å². The third-order valence-corrected chi connectivity index (χ3v) is 1.30. The minimum atomic E-state index is -0.0862. The molecule has 0 unspecified atom stereocenters. The fourth-order valence-electron chi connectivity index (χ4n) is 0.625. The first-order valence-corrected chi connectivity index (χ1v) is 4.03. The molecule has 0 spiro atoms. The molecule has 0 aromatic heterocycles. The summed E-state index contributed by atoms with van der Waals surface area (Å²) in [6, 6.07) is 0. The first kappa shape index (κ1) is 10.6. The zero-order chi connectivity index (χ0) is 8.91. The minimum absolute atomic E-state index is 0.0862. The first-order chi connectivity index (χ1) is 4.95. The Morgan fingerprint density at radius 3 is 2.36 bits per heavy atom. The monoisotopic (exact) mass is 158 g/mol. The van der Waals surface area contributed by atoms with E-state index < -0.39 is 0 Å². The molecular formula is C9H18O2. The molecule has 0 saturated heterocycles. The van der Waals surface area contributed by atoms with Crippen LogP contribution in [0.15, 0.2) is 0 Å². The van der Waals surface area contributed by atoms with E-state index in [4.69, 9.17) is 4.74 Å². The van der Waals surface area contributed by atoms with Crippen molar-refractivity contribution in [1.82, 2.24) is 0 Å². The van der Waals surface area contributed by atoms with Gasteiger partial charge in [-0.3, -0.25) is 0 Å². The molecule has 0 N–H and O–H groups in total. The molecule has 66 valence electrons. The normalized spacial score (nSPS) is 14.5. The quantitative estimate of drug-likeness (QED) is 0.585. The van der Waals surface area contributed by atoms with E-state index in [1.54, 1.807) is 0 Å². The summed E-state index contributed by atoms with van der Waals surface area (Å²) in [5.41, 5.74) is -0.0862. The number of hydrogen-bond acceptors (Lipinski definition) is 2. The molecule has 0 aliphatic rings. The van der Waals surface area contributed by atoms with Crippen molar-refractivity contribution in [2.24, 2.45) is 5.92 Å². The van der Waals surface area contributed by atoms with Gasteiger partial charge < -0.3 is 9.53 Å². The number of ether oxygens (including phenoxy) is 1. The van der Waals surface area contributed by atoms with Crippen LogP contribution >= 0.6 is 0 Å². The van der Waals surface area contributed by atoms with Crippen molar-refractivity contribution in [3.05, 3.63) is 0 Å². The molecule has 0 aromatic carbocycles. The zero-order valence-corrected chi connectivity index (χ0v) is 7.89. The molecule has 0 aliphatic carbocycles. The van der Waals surface area contributed by atoms with E-state index in [9.17, 15) is 4.79 Å². The summed E-state index contributed by atoms with van der Waals surface area (Å²) >= 11 is 0. The number of hydrogen-bond donors (Lipinski definition) is 0. The summed E-state index contributed by atoms with van der Waals surface area (Å²) in [6.45, 7) is 8.73. The minimum Gasteiger partial charge on any atom is -0.376 e. The molecule has 11 heavy (non-hydrogen) atoms. The maximum Gasteiger partial charge on any atom is 0.120 e. The van der Waals surface area contributed by atoms with Gasteiger partial charge in [-0.15, -0.1) is 0 Å². The molecule has 0 heterocycles. The van der Waals surface area contributed by atoms with Gasteiger partial charge in [-0.05, 0) is 26.7 Å². The number of rotatable bonds is 4. The summed E-state index contributed by atoms with van der Waals surface area (Å²) < 4.78 is 5.48. The summed E-state index contributed by atoms with van der Waals surface area (Å²) in [4.78, 5) is 10.1. The van der Waals surface area contributed by atoms with Gasteiger partial charge in [0.1, 0.15) is 6.29 Å². The van der Waals surface area contributed by atoms with Gasteiger partial charge in [0.05, 0.1) is 12.2 Å². The molecule has 0 rings (SSSR count). The Kier molecular flexibility index (Phi) is 4.34. The van der Waals surface area contributed by atoms with Crippen molar-refractivity contribution < 1.29 is 9.53 Å². The van der Waals surface area contributed by atoms with Gasteiger partial charge in [0.25, 0.3) is 0 Å². The van der Waals surface area contributed by atoms with Crippen molar-refractivity contribution in [3.63, 3.8) is 0 Å². The van der Waals surface area contributed by atoms with Gasteiger partial charge in [-0.1, -0.05) is 6.92 Å². The number of carbonyl (C=O) groups excluding carboxylic acids is 1. The van der Waals surface area contributed by atoms with E-state index >= 15 is 0 Å². The van der Waals surface area contributed by atoms with Crippen LogP contribution in [0.25, 0.3) is 0 Å². The Hall–Kier alpha value is -0.370. The summed E-state index contributed by atoms with van der Waals surface area (Å²) in [6.07, 6.45) is 1.53. The van der Waals surface area contributed by atoms with Crippen LogP contribution in [0.1, 0.15) is 34.1 Å². The molecular weight excluding hydrogens is 140 g/mol. The molecule has 2 nitrogen and oxygen atoms in total. The highest BCUT2D eigenvalue weighted by molar-refractivity contribution is 5.49. The summed E-state index contributed by atoms with van der Waals surface area (Å²) in [5, 5.41) is 0. The maximum atomic E-state index is 10.1. The molecule has 0 aliphatic heterocycles. The Bertz CT molecular complexity index is 113. The molecule has 0 aromatic rings. The second-order valence-corrected chi connectivity index (χ2v) is 3.93. The highest BCUT2D eigenvalue weighted by atomic mass is 16.5. The van der Waals surface area contributed by atoms with Crippen molar-refractivity contribution in [1.29, 1.82) is 0 Å². The fourth-order valence-corrected chi connectivity index (χ4v) is 0.625. The molecule has 0 fully saturated rings. The van der Waals surface area contributed by atoms with Crippen LogP contribution in [0.3, 0.4) is 0 Å². The average molecular weight is 158 g/mol. The number of aldehydes is 1. The Morgan fingerprint density at radius 2 is 2.00 bits per heavy atom. The Morgan fingerprint density at radius 1 is 1.45 bits per heavy atom. The lowest BCUT2D eigenvalue weighted by molar-refractivity contribution is -0.109. The lowest BCUT2D eigenvalue weighted by Crippen LogP contribution is -2.22. The van der Waals surface area contributed by atoms with Crippen LogP contribution in [0.2, 0.25) is 0 Å². The third kappa shape index (κ3) is 7.53.